The maximum atomic E-state index is 11.2. The molecule has 1 aromatic carbocycles. The van der Waals surface area contributed by atoms with Crippen LogP contribution in [-0.4, -0.2) is 20.6 Å². The Morgan fingerprint density at radius 2 is 2.05 bits per heavy atom. The minimum Gasteiger partial charge on any atom is -0.477 e. The Kier molecular flexibility index (Phi) is 2.70. The third-order valence-corrected chi connectivity index (χ3v) is 3.04. The second-order valence-electron chi connectivity index (χ2n) is 4.22. The number of nitrogens with zero attached hydrogens (tertiary/aromatic N) is 3. The molecule has 2 heterocycles. The zero-order valence-electron chi connectivity index (χ0n) is 10.3. The van der Waals surface area contributed by atoms with Crippen molar-refractivity contribution in [3.05, 3.63) is 60.0 Å². The van der Waals surface area contributed by atoms with Crippen LogP contribution in [0.4, 0.5) is 0 Å². The summed E-state index contributed by atoms with van der Waals surface area (Å²) in [7, 11) is 0. The van der Waals surface area contributed by atoms with E-state index in [1.165, 1.54) is 6.07 Å². The van der Waals surface area contributed by atoms with Crippen LogP contribution in [0.5, 0.6) is 0 Å². The molecule has 5 heteroatoms. The number of carboxylic acid groups (broad SMARTS) is 1. The van der Waals surface area contributed by atoms with Crippen molar-refractivity contribution in [3.8, 4) is 11.8 Å². The van der Waals surface area contributed by atoms with Gasteiger partial charge in [0, 0.05) is 11.6 Å². The molecule has 5 nitrogen and oxygen atoms in total. The van der Waals surface area contributed by atoms with E-state index in [0.29, 0.717) is 16.9 Å². The Balaban J connectivity index is 2.39. The van der Waals surface area contributed by atoms with Crippen LogP contribution < -0.4 is 0 Å². The second kappa shape index (κ2) is 4.52. The molecule has 0 unspecified atom stereocenters. The molecule has 3 aromatic rings. The van der Waals surface area contributed by atoms with Crippen molar-refractivity contribution in [3.63, 3.8) is 0 Å². The second-order valence-corrected chi connectivity index (χ2v) is 4.22. The van der Waals surface area contributed by atoms with E-state index in [0.717, 1.165) is 5.39 Å². The number of carbonyl (C=O) groups is 1. The predicted molar refractivity (Wildman–Crippen MR) is 72.7 cm³/mol. The van der Waals surface area contributed by atoms with E-state index in [1.807, 2.05) is 12.1 Å². The van der Waals surface area contributed by atoms with Crippen LogP contribution in [0, 0.1) is 11.3 Å². The van der Waals surface area contributed by atoms with E-state index in [1.54, 1.807) is 35.0 Å². The number of pyridine rings is 1. The Bertz CT molecular complexity index is 859. The highest BCUT2D eigenvalue weighted by Crippen LogP contribution is 2.23. The Morgan fingerprint density at radius 3 is 2.80 bits per heavy atom. The molecule has 2 aromatic heterocycles. The zero-order chi connectivity index (χ0) is 14.1. The highest BCUT2D eigenvalue weighted by molar-refractivity contribution is 5.94. The van der Waals surface area contributed by atoms with E-state index in [2.05, 4.69) is 11.1 Å². The largest absolute Gasteiger partial charge is 0.477 e. The van der Waals surface area contributed by atoms with Crippen LogP contribution in [0.2, 0.25) is 0 Å². The SMILES string of the molecule is N#Cc1cccn1-c1cc(C(=O)O)nc2ccccc12. The number of rotatable bonds is 2. The molecule has 0 saturated carbocycles. The maximum absolute atomic E-state index is 11.2. The number of nitriles is 1. The van der Waals surface area contributed by atoms with Crippen LogP contribution in [0.1, 0.15) is 16.2 Å². The van der Waals surface area contributed by atoms with Crippen LogP contribution >= 0.6 is 0 Å². The van der Waals surface area contributed by atoms with E-state index in [-0.39, 0.29) is 5.69 Å². The highest BCUT2D eigenvalue weighted by atomic mass is 16.4. The summed E-state index contributed by atoms with van der Waals surface area (Å²) in [6, 6.07) is 14.2. The zero-order valence-corrected chi connectivity index (χ0v) is 10.3. The smallest absolute Gasteiger partial charge is 0.354 e. The van der Waals surface area contributed by atoms with Gasteiger partial charge in [-0.2, -0.15) is 5.26 Å². The Morgan fingerprint density at radius 1 is 1.25 bits per heavy atom. The van der Waals surface area contributed by atoms with Gasteiger partial charge >= 0.3 is 5.97 Å². The van der Waals surface area contributed by atoms with Gasteiger partial charge in [0.2, 0.25) is 0 Å². The molecule has 0 aliphatic carbocycles. The monoisotopic (exact) mass is 263 g/mol. The molecule has 0 fully saturated rings. The van der Waals surface area contributed by atoms with E-state index in [4.69, 9.17) is 10.4 Å². The Labute approximate surface area is 114 Å². The molecular weight excluding hydrogens is 254 g/mol. The van der Waals surface area contributed by atoms with Crippen molar-refractivity contribution in [2.45, 2.75) is 0 Å². The van der Waals surface area contributed by atoms with Gasteiger partial charge in [0.1, 0.15) is 11.8 Å². The lowest BCUT2D eigenvalue weighted by molar-refractivity contribution is 0.0691. The fraction of sp³-hybridized carbons (Fsp3) is 0. The fourth-order valence-corrected chi connectivity index (χ4v) is 2.15. The molecule has 0 aliphatic heterocycles. The summed E-state index contributed by atoms with van der Waals surface area (Å²) in [6.07, 6.45) is 1.73. The number of para-hydroxylation sites is 1. The normalized spacial score (nSPS) is 10.3. The standard InChI is InChI=1S/C15H9N3O2/c16-9-10-4-3-7-18(10)14-8-13(15(19)20)17-12-6-2-1-5-11(12)14/h1-8H,(H,19,20). The van der Waals surface area contributed by atoms with E-state index in [9.17, 15) is 4.79 Å². The van der Waals surface area contributed by atoms with Gasteiger partial charge in [0.25, 0.3) is 0 Å². The van der Waals surface area contributed by atoms with Gasteiger partial charge < -0.3 is 9.67 Å². The van der Waals surface area contributed by atoms with Crippen LogP contribution in [0.15, 0.2) is 48.7 Å². The van der Waals surface area contributed by atoms with Crippen molar-refractivity contribution in [2.75, 3.05) is 0 Å². The minimum absolute atomic E-state index is 0.0451. The summed E-state index contributed by atoms with van der Waals surface area (Å²) in [4.78, 5) is 15.3. The van der Waals surface area contributed by atoms with Crippen molar-refractivity contribution >= 4 is 16.9 Å². The topological polar surface area (TPSA) is 78.9 Å². The van der Waals surface area contributed by atoms with Gasteiger partial charge in [-0.1, -0.05) is 18.2 Å². The summed E-state index contributed by atoms with van der Waals surface area (Å²) in [5.41, 5.74) is 1.61. The van der Waals surface area contributed by atoms with Gasteiger partial charge in [-0.3, -0.25) is 0 Å². The summed E-state index contributed by atoms with van der Waals surface area (Å²) in [5, 5.41) is 19.1. The molecule has 96 valence electrons. The van der Waals surface area contributed by atoms with Crippen LogP contribution in [-0.2, 0) is 0 Å². The lowest BCUT2D eigenvalue weighted by atomic mass is 10.1. The quantitative estimate of drug-likeness (QED) is 0.770. The molecule has 0 aliphatic rings. The number of carboxylic acids is 1. The predicted octanol–water partition coefficient (Wildman–Crippen LogP) is 2.60. The number of fused-ring (bicyclic) bond motifs is 1. The van der Waals surface area contributed by atoms with Gasteiger partial charge in [-0.25, -0.2) is 9.78 Å². The van der Waals surface area contributed by atoms with Crippen LogP contribution in [0.3, 0.4) is 0 Å². The summed E-state index contributed by atoms with van der Waals surface area (Å²) >= 11 is 0. The number of aromatic nitrogens is 2. The molecule has 0 radical (unpaired) electrons. The van der Waals surface area contributed by atoms with Gasteiger partial charge in [-0.05, 0) is 24.3 Å². The number of aromatic carboxylic acids is 1. The lowest BCUT2D eigenvalue weighted by Crippen LogP contribution is -2.05. The lowest BCUT2D eigenvalue weighted by Gasteiger charge is -2.10. The average Bonchev–Trinajstić information content (AvgIpc) is 2.94. The number of hydrogen-bond donors (Lipinski definition) is 1. The molecule has 0 spiro atoms. The maximum Gasteiger partial charge on any atom is 0.354 e. The van der Waals surface area contributed by atoms with Crippen molar-refractivity contribution in [1.29, 1.82) is 5.26 Å². The van der Waals surface area contributed by atoms with Crippen molar-refractivity contribution in [1.82, 2.24) is 9.55 Å². The molecule has 0 atom stereocenters. The summed E-state index contributed by atoms with van der Waals surface area (Å²) in [6.45, 7) is 0. The fourth-order valence-electron chi connectivity index (χ4n) is 2.15. The van der Waals surface area contributed by atoms with Gasteiger partial charge in [0.05, 0.1) is 11.2 Å². The minimum atomic E-state index is -1.09. The third kappa shape index (κ3) is 1.80. The molecule has 3 rings (SSSR count). The molecule has 0 bridgehead atoms. The van der Waals surface area contributed by atoms with E-state index >= 15 is 0 Å². The number of hydrogen-bond acceptors (Lipinski definition) is 3. The summed E-state index contributed by atoms with van der Waals surface area (Å²) < 4.78 is 1.66. The highest BCUT2D eigenvalue weighted by Gasteiger charge is 2.13. The molecular formula is C15H9N3O2. The van der Waals surface area contributed by atoms with Crippen molar-refractivity contribution < 1.29 is 9.90 Å². The first-order chi connectivity index (χ1) is 9.70. The van der Waals surface area contributed by atoms with Crippen LogP contribution in [0.25, 0.3) is 16.6 Å². The van der Waals surface area contributed by atoms with E-state index < -0.39 is 5.97 Å². The first-order valence-corrected chi connectivity index (χ1v) is 5.91. The Hall–Kier alpha value is -3.13. The summed E-state index contributed by atoms with van der Waals surface area (Å²) in [5.74, 6) is -1.09. The number of benzene rings is 1. The third-order valence-electron chi connectivity index (χ3n) is 3.04. The molecule has 20 heavy (non-hydrogen) atoms. The average molecular weight is 263 g/mol. The van der Waals surface area contributed by atoms with Gasteiger partial charge in [0.15, 0.2) is 5.69 Å². The van der Waals surface area contributed by atoms with Crippen molar-refractivity contribution in [2.24, 2.45) is 0 Å². The first kappa shape index (κ1) is 11.9. The molecule has 0 saturated heterocycles. The molecule has 0 amide bonds. The van der Waals surface area contributed by atoms with Gasteiger partial charge in [-0.15, -0.1) is 0 Å². The molecule has 1 N–H and O–H groups in total. The first-order valence-electron chi connectivity index (χ1n) is 5.91.